The van der Waals surface area contributed by atoms with Crippen LogP contribution < -0.4 is 0 Å². The van der Waals surface area contributed by atoms with Gasteiger partial charge in [-0.05, 0) is 45.2 Å². The van der Waals surface area contributed by atoms with E-state index in [1.54, 1.807) is 0 Å². The molecule has 0 aromatic heterocycles. The van der Waals surface area contributed by atoms with Gasteiger partial charge in [-0.15, -0.1) is 0 Å². The molecule has 120 valence electrons. The van der Waals surface area contributed by atoms with Crippen LogP contribution in [0.2, 0.25) is 0 Å². The van der Waals surface area contributed by atoms with Crippen molar-refractivity contribution in [2.75, 3.05) is 27.2 Å². The minimum Gasteiger partial charge on any atom is -0.481 e. The molecule has 1 aliphatic heterocycles. The van der Waals surface area contributed by atoms with Crippen LogP contribution in [0.15, 0.2) is 0 Å². The largest absolute Gasteiger partial charge is 0.481 e. The zero-order valence-corrected chi connectivity index (χ0v) is 13.3. The molecular formula is C16H28N2O3. The van der Waals surface area contributed by atoms with Gasteiger partial charge in [0.05, 0.1) is 6.42 Å². The van der Waals surface area contributed by atoms with E-state index in [-0.39, 0.29) is 17.7 Å². The number of nitrogens with zero attached hydrogens (tertiary/aromatic N) is 2. The molecule has 0 radical (unpaired) electrons. The van der Waals surface area contributed by atoms with E-state index in [1.807, 2.05) is 4.90 Å². The zero-order chi connectivity index (χ0) is 15.5. The number of carbonyl (C=O) groups excluding carboxylic acids is 1. The van der Waals surface area contributed by atoms with Crippen LogP contribution in [-0.4, -0.2) is 60.0 Å². The van der Waals surface area contributed by atoms with Crippen LogP contribution >= 0.6 is 0 Å². The fraction of sp³-hybridized carbons (Fsp3) is 0.875. The lowest BCUT2D eigenvalue weighted by Crippen LogP contribution is -2.48. The van der Waals surface area contributed by atoms with Crippen molar-refractivity contribution in [1.29, 1.82) is 0 Å². The smallest absolute Gasteiger partial charge is 0.303 e. The van der Waals surface area contributed by atoms with Crippen molar-refractivity contribution in [2.45, 2.75) is 57.4 Å². The van der Waals surface area contributed by atoms with Gasteiger partial charge in [0.15, 0.2) is 0 Å². The first-order valence-electron chi connectivity index (χ1n) is 8.08. The maximum absolute atomic E-state index is 12.6. The van der Waals surface area contributed by atoms with Gasteiger partial charge in [0.2, 0.25) is 5.91 Å². The van der Waals surface area contributed by atoms with Gasteiger partial charge in [-0.3, -0.25) is 9.59 Å². The first kappa shape index (κ1) is 16.3. The highest BCUT2D eigenvalue weighted by atomic mass is 16.4. The maximum atomic E-state index is 12.6. The highest BCUT2D eigenvalue weighted by molar-refractivity contribution is 5.78. The summed E-state index contributed by atoms with van der Waals surface area (Å²) < 4.78 is 0. The van der Waals surface area contributed by atoms with Gasteiger partial charge in [-0.25, -0.2) is 0 Å². The van der Waals surface area contributed by atoms with Gasteiger partial charge >= 0.3 is 5.97 Å². The molecule has 1 unspecified atom stereocenters. The fourth-order valence-electron chi connectivity index (χ4n) is 3.90. The normalized spacial score (nSPS) is 25.3. The number of carboxylic acid groups (broad SMARTS) is 1. The van der Waals surface area contributed by atoms with Crippen molar-refractivity contribution in [2.24, 2.45) is 5.41 Å². The van der Waals surface area contributed by atoms with Crippen LogP contribution in [-0.2, 0) is 9.59 Å². The van der Waals surface area contributed by atoms with Crippen LogP contribution in [0.4, 0.5) is 0 Å². The molecule has 1 N–H and O–H groups in total. The Morgan fingerprint density at radius 1 is 1.19 bits per heavy atom. The number of amides is 1. The maximum Gasteiger partial charge on any atom is 0.303 e. The molecule has 21 heavy (non-hydrogen) atoms. The molecule has 2 fully saturated rings. The van der Waals surface area contributed by atoms with Gasteiger partial charge in [0.25, 0.3) is 0 Å². The SMILES string of the molecule is CN(C)C1CCCN(C(=O)CC2(CC(=O)O)CCCC2)C1. The molecule has 5 nitrogen and oxygen atoms in total. The van der Waals surface area contributed by atoms with Crippen LogP contribution in [0.25, 0.3) is 0 Å². The molecular weight excluding hydrogens is 268 g/mol. The lowest BCUT2D eigenvalue weighted by atomic mass is 9.79. The van der Waals surface area contributed by atoms with E-state index in [4.69, 9.17) is 5.11 Å². The first-order valence-corrected chi connectivity index (χ1v) is 8.08. The molecule has 2 aliphatic rings. The lowest BCUT2D eigenvalue weighted by molar-refractivity contribution is -0.142. The van der Waals surface area contributed by atoms with Crippen LogP contribution in [0.5, 0.6) is 0 Å². The molecule has 0 aromatic rings. The van der Waals surface area contributed by atoms with Gasteiger partial charge in [0, 0.05) is 25.6 Å². The van der Waals surface area contributed by atoms with E-state index in [0.29, 0.717) is 12.5 Å². The first-order chi connectivity index (χ1) is 9.92. The summed E-state index contributed by atoms with van der Waals surface area (Å²) >= 11 is 0. The number of likely N-dealkylation sites (N-methyl/N-ethyl adjacent to an activating group) is 1. The summed E-state index contributed by atoms with van der Waals surface area (Å²) in [7, 11) is 4.11. The predicted molar refractivity (Wildman–Crippen MR) is 81.1 cm³/mol. The third-order valence-electron chi connectivity index (χ3n) is 5.20. The summed E-state index contributed by atoms with van der Waals surface area (Å²) in [6, 6.07) is 0.432. The Morgan fingerprint density at radius 3 is 2.43 bits per heavy atom. The third-order valence-corrected chi connectivity index (χ3v) is 5.20. The number of aliphatic carboxylic acids is 1. The summed E-state index contributed by atoms with van der Waals surface area (Å²) in [5.74, 6) is -0.612. The third kappa shape index (κ3) is 4.19. The molecule has 1 amide bonds. The number of carboxylic acids is 1. The van der Waals surface area contributed by atoms with E-state index in [2.05, 4.69) is 19.0 Å². The standard InChI is InChI=1S/C16H28N2O3/c1-17(2)13-6-5-9-18(12-13)14(19)10-16(11-15(20)21)7-3-4-8-16/h13H,3-12H2,1-2H3,(H,20,21). The van der Waals surface area contributed by atoms with E-state index in [1.165, 1.54) is 0 Å². The highest BCUT2D eigenvalue weighted by Crippen LogP contribution is 2.44. The Bertz CT molecular complexity index is 389. The fourth-order valence-corrected chi connectivity index (χ4v) is 3.90. The molecule has 1 atom stereocenters. The van der Waals surface area contributed by atoms with Crippen LogP contribution in [0, 0.1) is 5.41 Å². The molecule has 2 rings (SSSR count). The number of hydrogen-bond donors (Lipinski definition) is 1. The average Bonchev–Trinajstić information content (AvgIpc) is 2.86. The summed E-state index contributed by atoms with van der Waals surface area (Å²) in [6.07, 6.45) is 6.62. The summed E-state index contributed by atoms with van der Waals surface area (Å²) in [5.41, 5.74) is -0.284. The highest BCUT2D eigenvalue weighted by Gasteiger charge is 2.39. The van der Waals surface area contributed by atoms with Crippen LogP contribution in [0.3, 0.4) is 0 Å². The molecule has 0 spiro atoms. The second kappa shape index (κ2) is 6.77. The van der Waals surface area contributed by atoms with Gasteiger partial charge in [0.1, 0.15) is 0 Å². The van der Waals surface area contributed by atoms with Gasteiger partial charge in [-0.2, -0.15) is 0 Å². The Hall–Kier alpha value is -1.10. The Kier molecular flexibility index (Phi) is 5.25. The monoisotopic (exact) mass is 296 g/mol. The van der Waals surface area contributed by atoms with E-state index < -0.39 is 5.97 Å². The number of carbonyl (C=O) groups is 2. The van der Waals surface area contributed by atoms with Crippen molar-refractivity contribution in [3.05, 3.63) is 0 Å². The number of likely N-dealkylation sites (tertiary alicyclic amines) is 1. The minimum atomic E-state index is -0.769. The molecule has 0 aromatic carbocycles. The second-order valence-electron chi connectivity index (χ2n) is 7.05. The molecule has 1 saturated heterocycles. The lowest BCUT2D eigenvalue weighted by Gasteiger charge is -2.38. The summed E-state index contributed by atoms with van der Waals surface area (Å²) in [4.78, 5) is 27.9. The Morgan fingerprint density at radius 2 is 1.86 bits per heavy atom. The molecule has 1 heterocycles. The number of piperidine rings is 1. The van der Waals surface area contributed by atoms with Crippen molar-refractivity contribution < 1.29 is 14.7 Å². The minimum absolute atomic E-state index is 0.143. The van der Waals surface area contributed by atoms with Gasteiger partial charge < -0.3 is 14.9 Å². The van der Waals surface area contributed by atoms with Crippen LogP contribution in [0.1, 0.15) is 51.4 Å². The second-order valence-corrected chi connectivity index (χ2v) is 7.05. The molecule has 5 heteroatoms. The Balaban J connectivity index is 1.97. The summed E-state index contributed by atoms with van der Waals surface area (Å²) in [6.45, 7) is 1.61. The van der Waals surface area contributed by atoms with Crippen molar-refractivity contribution in [3.8, 4) is 0 Å². The molecule has 1 saturated carbocycles. The predicted octanol–water partition coefficient (Wildman–Crippen LogP) is 1.96. The van der Waals surface area contributed by atoms with Crippen molar-refractivity contribution >= 4 is 11.9 Å². The summed E-state index contributed by atoms with van der Waals surface area (Å²) in [5, 5.41) is 9.15. The molecule has 0 bridgehead atoms. The van der Waals surface area contributed by atoms with Gasteiger partial charge in [-0.1, -0.05) is 12.8 Å². The number of rotatable bonds is 5. The Labute approximate surface area is 127 Å². The van der Waals surface area contributed by atoms with Crippen molar-refractivity contribution in [3.63, 3.8) is 0 Å². The zero-order valence-electron chi connectivity index (χ0n) is 13.3. The number of hydrogen-bond acceptors (Lipinski definition) is 3. The topological polar surface area (TPSA) is 60.9 Å². The molecule has 1 aliphatic carbocycles. The van der Waals surface area contributed by atoms with Crippen molar-refractivity contribution in [1.82, 2.24) is 9.80 Å². The van der Waals surface area contributed by atoms with E-state index in [9.17, 15) is 9.59 Å². The average molecular weight is 296 g/mol. The quantitative estimate of drug-likeness (QED) is 0.842. The van der Waals surface area contributed by atoms with E-state index in [0.717, 1.165) is 51.6 Å². The van der Waals surface area contributed by atoms with E-state index >= 15 is 0 Å².